The highest BCUT2D eigenvalue weighted by molar-refractivity contribution is 9.09. The van der Waals surface area contributed by atoms with Crippen molar-refractivity contribution in [1.82, 2.24) is 5.32 Å². The lowest BCUT2D eigenvalue weighted by molar-refractivity contribution is -0.120. The van der Waals surface area contributed by atoms with Gasteiger partial charge in [-0.2, -0.15) is 0 Å². The minimum Gasteiger partial charge on any atom is -0.355 e. The molecular formula is C15H21BrFNO. The fraction of sp³-hybridized carbons (Fsp3) is 0.533. The van der Waals surface area contributed by atoms with Crippen LogP contribution >= 0.6 is 15.9 Å². The number of alkyl halides is 1. The van der Waals surface area contributed by atoms with E-state index < -0.39 is 0 Å². The predicted molar refractivity (Wildman–Crippen MR) is 79.9 cm³/mol. The van der Waals surface area contributed by atoms with Crippen LogP contribution < -0.4 is 5.32 Å². The Bertz CT molecular complexity index is 420. The second-order valence-electron chi connectivity index (χ2n) is 5.54. The Morgan fingerprint density at radius 3 is 2.79 bits per heavy atom. The quantitative estimate of drug-likeness (QED) is 0.759. The van der Waals surface area contributed by atoms with Gasteiger partial charge in [-0.25, -0.2) is 4.39 Å². The van der Waals surface area contributed by atoms with Gasteiger partial charge in [-0.3, -0.25) is 4.79 Å². The third kappa shape index (κ3) is 6.71. The van der Waals surface area contributed by atoms with Gasteiger partial charge in [0.1, 0.15) is 5.82 Å². The van der Waals surface area contributed by atoms with Gasteiger partial charge in [0.2, 0.25) is 5.91 Å². The van der Waals surface area contributed by atoms with Crippen molar-refractivity contribution in [2.75, 3.05) is 11.9 Å². The third-order valence-corrected chi connectivity index (χ3v) is 3.57. The molecule has 2 nitrogen and oxygen atoms in total. The Morgan fingerprint density at radius 2 is 2.16 bits per heavy atom. The highest BCUT2D eigenvalue weighted by Crippen LogP contribution is 2.21. The highest BCUT2D eigenvalue weighted by atomic mass is 79.9. The van der Waals surface area contributed by atoms with Gasteiger partial charge >= 0.3 is 0 Å². The first-order valence-electron chi connectivity index (χ1n) is 6.50. The maximum atomic E-state index is 13.0. The van der Waals surface area contributed by atoms with Gasteiger partial charge in [-0.15, -0.1) is 0 Å². The molecule has 0 radical (unpaired) electrons. The Kier molecular flexibility index (Phi) is 6.49. The Labute approximate surface area is 122 Å². The molecule has 0 saturated heterocycles. The molecule has 0 heterocycles. The number of halogens is 2. The minimum absolute atomic E-state index is 0.0579. The van der Waals surface area contributed by atoms with E-state index in [0.29, 0.717) is 12.1 Å². The molecule has 0 unspecified atom stereocenters. The van der Waals surface area contributed by atoms with Crippen molar-refractivity contribution < 1.29 is 9.18 Å². The van der Waals surface area contributed by atoms with E-state index in [9.17, 15) is 9.18 Å². The standard InChI is InChI=1S/C15H21BrFNO/c1-15(2,7-4-8-16)11-18-14(19)10-12-5-3-6-13(17)9-12/h3,5-6,9H,4,7-8,10-11H2,1-2H3,(H,18,19). The summed E-state index contributed by atoms with van der Waals surface area (Å²) in [7, 11) is 0. The van der Waals surface area contributed by atoms with Crippen molar-refractivity contribution in [2.24, 2.45) is 5.41 Å². The van der Waals surface area contributed by atoms with Gasteiger partial charge < -0.3 is 5.32 Å². The zero-order chi connectivity index (χ0) is 14.3. The summed E-state index contributed by atoms with van der Waals surface area (Å²) in [4.78, 5) is 11.8. The first-order valence-corrected chi connectivity index (χ1v) is 7.62. The van der Waals surface area contributed by atoms with Gasteiger partial charge in [-0.1, -0.05) is 41.9 Å². The molecule has 0 aliphatic rings. The number of nitrogens with one attached hydrogen (secondary N) is 1. The number of amides is 1. The van der Waals surface area contributed by atoms with E-state index in [1.807, 2.05) is 0 Å². The molecule has 0 fully saturated rings. The van der Waals surface area contributed by atoms with Gasteiger partial charge in [0, 0.05) is 11.9 Å². The van der Waals surface area contributed by atoms with E-state index in [2.05, 4.69) is 35.1 Å². The summed E-state index contributed by atoms with van der Waals surface area (Å²) in [6, 6.07) is 6.16. The van der Waals surface area contributed by atoms with Crippen molar-refractivity contribution in [3.05, 3.63) is 35.6 Å². The fourth-order valence-electron chi connectivity index (χ4n) is 1.87. The summed E-state index contributed by atoms with van der Waals surface area (Å²) in [5.74, 6) is -0.361. The number of benzene rings is 1. The van der Waals surface area contributed by atoms with E-state index >= 15 is 0 Å². The fourth-order valence-corrected chi connectivity index (χ4v) is 2.15. The topological polar surface area (TPSA) is 29.1 Å². The Hall–Kier alpha value is -0.900. The number of rotatable bonds is 7. The molecule has 1 amide bonds. The van der Waals surface area contributed by atoms with Gasteiger partial charge in [-0.05, 0) is 36.0 Å². The predicted octanol–water partition coefficient (Wildman–Crippen LogP) is 3.69. The summed E-state index contributed by atoms with van der Waals surface area (Å²) in [5, 5.41) is 3.90. The Balaban J connectivity index is 2.39. The summed E-state index contributed by atoms with van der Waals surface area (Å²) >= 11 is 3.41. The molecule has 0 aliphatic heterocycles. The largest absolute Gasteiger partial charge is 0.355 e. The molecule has 0 atom stereocenters. The van der Waals surface area contributed by atoms with E-state index in [1.54, 1.807) is 12.1 Å². The minimum atomic E-state index is -0.303. The van der Waals surface area contributed by atoms with Crippen LogP contribution in [0.3, 0.4) is 0 Å². The maximum Gasteiger partial charge on any atom is 0.224 e. The summed E-state index contributed by atoms with van der Waals surface area (Å²) in [6.45, 7) is 4.92. The van der Waals surface area contributed by atoms with Crippen LogP contribution in [-0.4, -0.2) is 17.8 Å². The van der Waals surface area contributed by atoms with Crippen LogP contribution in [0.2, 0.25) is 0 Å². The zero-order valence-corrected chi connectivity index (χ0v) is 13.1. The first-order chi connectivity index (χ1) is 8.93. The third-order valence-electron chi connectivity index (χ3n) is 3.01. The van der Waals surface area contributed by atoms with Gasteiger partial charge in [0.15, 0.2) is 0 Å². The van der Waals surface area contributed by atoms with Gasteiger partial charge in [0.25, 0.3) is 0 Å². The van der Waals surface area contributed by atoms with Crippen LogP contribution in [0.15, 0.2) is 24.3 Å². The second-order valence-corrected chi connectivity index (χ2v) is 6.33. The van der Waals surface area contributed by atoms with Crippen LogP contribution in [0, 0.1) is 11.2 Å². The van der Waals surface area contributed by atoms with Crippen molar-refractivity contribution >= 4 is 21.8 Å². The lowest BCUT2D eigenvalue weighted by atomic mass is 9.88. The van der Waals surface area contributed by atoms with Gasteiger partial charge in [0.05, 0.1) is 6.42 Å². The second kappa shape index (κ2) is 7.63. The van der Waals surface area contributed by atoms with Crippen molar-refractivity contribution in [1.29, 1.82) is 0 Å². The van der Waals surface area contributed by atoms with Crippen LogP contribution in [0.1, 0.15) is 32.3 Å². The summed E-state index contributed by atoms with van der Waals surface area (Å²) < 4.78 is 13.0. The molecule has 0 spiro atoms. The maximum absolute atomic E-state index is 13.0. The molecule has 1 N–H and O–H groups in total. The van der Waals surface area contributed by atoms with Crippen LogP contribution in [0.5, 0.6) is 0 Å². The average molecular weight is 330 g/mol. The lowest BCUT2D eigenvalue weighted by Crippen LogP contribution is -2.34. The molecule has 1 aromatic carbocycles. The van der Waals surface area contributed by atoms with E-state index in [4.69, 9.17) is 0 Å². The van der Waals surface area contributed by atoms with Crippen LogP contribution in [0.4, 0.5) is 4.39 Å². The van der Waals surface area contributed by atoms with Crippen LogP contribution in [0.25, 0.3) is 0 Å². The molecule has 1 rings (SSSR count). The van der Waals surface area contributed by atoms with Crippen molar-refractivity contribution in [3.63, 3.8) is 0 Å². The molecule has 0 bridgehead atoms. The molecule has 0 saturated carbocycles. The SMILES string of the molecule is CC(C)(CCCBr)CNC(=O)Cc1cccc(F)c1. The molecular weight excluding hydrogens is 309 g/mol. The molecule has 1 aromatic rings. The number of carbonyl (C=O) groups is 1. The summed E-state index contributed by atoms with van der Waals surface area (Å²) in [6.07, 6.45) is 2.37. The van der Waals surface area contributed by atoms with E-state index in [0.717, 1.165) is 18.2 Å². The molecule has 19 heavy (non-hydrogen) atoms. The first kappa shape index (κ1) is 16.2. The number of carbonyl (C=O) groups excluding carboxylic acids is 1. The molecule has 0 aliphatic carbocycles. The smallest absolute Gasteiger partial charge is 0.224 e. The van der Waals surface area contributed by atoms with E-state index in [-0.39, 0.29) is 23.6 Å². The molecule has 0 aromatic heterocycles. The zero-order valence-electron chi connectivity index (χ0n) is 11.5. The number of hydrogen-bond acceptors (Lipinski definition) is 1. The van der Waals surface area contributed by atoms with Crippen molar-refractivity contribution in [3.8, 4) is 0 Å². The monoisotopic (exact) mass is 329 g/mol. The lowest BCUT2D eigenvalue weighted by Gasteiger charge is -2.24. The Morgan fingerprint density at radius 1 is 1.42 bits per heavy atom. The van der Waals surface area contributed by atoms with Crippen LogP contribution in [-0.2, 0) is 11.2 Å². The summed E-state index contributed by atoms with van der Waals surface area (Å²) in [5.41, 5.74) is 0.793. The highest BCUT2D eigenvalue weighted by Gasteiger charge is 2.18. The molecule has 4 heteroatoms. The van der Waals surface area contributed by atoms with Crippen molar-refractivity contribution in [2.45, 2.75) is 33.1 Å². The molecule has 106 valence electrons. The van der Waals surface area contributed by atoms with E-state index in [1.165, 1.54) is 12.1 Å². The number of hydrogen-bond donors (Lipinski definition) is 1. The normalized spacial score (nSPS) is 11.4. The average Bonchev–Trinajstić information content (AvgIpc) is 2.34.